The molecule has 0 spiro atoms. The third-order valence-electron chi connectivity index (χ3n) is 6.62. The van der Waals surface area contributed by atoms with Gasteiger partial charge in [-0.2, -0.15) is 0 Å². The molecule has 198 valence electrons. The number of carbonyl (C=O) groups is 1. The Morgan fingerprint density at radius 3 is 1.89 bits per heavy atom. The summed E-state index contributed by atoms with van der Waals surface area (Å²) in [4.78, 5) is 12.2. The van der Waals surface area contributed by atoms with Crippen molar-refractivity contribution in [1.82, 2.24) is 0 Å². The predicted octanol–water partition coefficient (Wildman–Crippen LogP) is 9.91. The van der Waals surface area contributed by atoms with E-state index in [4.69, 9.17) is 9.47 Å². The fourth-order valence-corrected chi connectivity index (χ4v) is 4.32. The zero-order valence-electron chi connectivity index (χ0n) is 22.8. The summed E-state index contributed by atoms with van der Waals surface area (Å²) in [6.07, 6.45) is 21.8. The Labute approximate surface area is 220 Å². The minimum absolute atomic E-state index is 0.276. The first-order chi connectivity index (χ1) is 17.7. The number of allylic oxidation sites excluding steroid dienone is 1. The molecule has 0 aliphatic carbocycles. The zero-order valence-corrected chi connectivity index (χ0v) is 22.8. The maximum absolute atomic E-state index is 12.2. The third kappa shape index (κ3) is 14.1. The topological polar surface area (TPSA) is 35.5 Å². The second kappa shape index (κ2) is 19.6. The summed E-state index contributed by atoms with van der Waals surface area (Å²) in [6.45, 7) is 4.71. The first kappa shape index (κ1) is 29.7. The number of carbonyl (C=O) groups excluding carboxylic acids is 1. The summed E-state index contributed by atoms with van der Waals surface area (Å²) in [5, 5.41) is 0. The molecule has 0 bridgehead atoms. The Morgan fingerprint density at radius 2 is 1.31 bits per heavy atom. The van der Waals surface area contributed by atoms with E-state index in [-0.39, 0.29) is 12.1 Å². The van der Waals surface area contributed by atoms with Crippen molar-refractivity contribution in [2.75, 3.05) is 0 Å². The molecule has 0 saturated heterocycles. The highest BCUT2D eigenvalue weighted by atomic mass is 16.5. The van der Waals surface area contributed by atoms with Crippen molar-refractivity contribution in [2.45, 2.75) is 116 Å². The van der Waals surface area contributed by atoms with Crippen molar-refractivity contribution in [3.05, 3.63) is 77.9 Å². The largest absolute Gasteiger partial charge is 0.489 e. The summed E-state index contributed by atoms with van der Waals surface area (Å²) in [6, 6.07) is 17.9. The first-order valence-corrected chi connectivity index (χ1v) is 14.3. The van der Waals surface area contributed by atoms with Gasteiger partial charge in [-0.25, -0.2) is 4.79 Å². The fourth-order valence-electron chi connectivity index (χ4n) is 4.32. The molecule has 0 fully saturated rings. The van der Waals surface area contributed by atoms with Crippen molar-refractivity contribution >= 4 is 5.97 Å². The second-order valence-electron chi connectivity index (χ2n) is 9.86. The van der Waals surface area contributed by atoms with Gasteiger partial charge in [0.05, 0.1) is 0 Å². The SMILES string of the molecule is CCCCCCCCCCCCCCC/C=C/C(=O)OC(C)c1ccc(OCc2ccccc2)cc1. The standard InChI is InChI=1S/C33H48O3/c1-3-4-5-6-7-8-9-10-11-12-13-14-15-16-20-23-33(34)36-29(2)31-24-26-32(27-25-31)35-28-30-21-18-17-19-22-30/h17-27,29H,3-16,28H2,1-2H3/b23-20+. The van der Waals surface area contributed by atoms with Crippen LogP contribution in [0, 0.1) is 0 Å². The van der Waals surface area contributed by atoms with E-state index < -0.39 is 0 Å². The smallest absolute Gasteiger partial charge is 0.331 e. The van der Waals surface area contributed by atoms with Crippen molar-refractivity contribution in [3.8, 4) is 5.75 Å². The lowest BCUT2D eigenvalue weighted by atomic mass is 10.0. The monoisotopic (exact) mass is 492 g/mol. The van der Waals surface area contributed by atoms with Crippen LogP contribution in [-0.2, 0) is 16.1 Å². The summed E-state index contributed by atoms with van der Waals surface area (Å²) < 4.78 is 11.4. The van der Waals surface area contributed by atoms with Gasteiger partial charge in [0, 0.05) is 6.08 Å². The van der Waals surface area contributed by atoms with Gasteiger partial charge in [0.15, 0.2) is 0 Å². The van der Waals surface area contributed by atoms with Gasteiger partial charge in [-0.05, 0) is 43.0 Å². The van der Waals surface area contributed by atoms with Gasteiger partial charge in [-0.15, -0.1) is 0 Å². The third-order valence-corrected chi connectivity index (χ3v) is 6.62. The highest BCUT2D eigenvalue weighted by molar-refractivity contribution is 5.82. The molecule has 3 heteroatoms. The number of hydrogen-bond donors (Lipinski definition) is 0. The highest BCUT2D eigenvalue weighted by Crippen LogP contribution is 2.21. The molecule has 0 amide bonds. The zero-order chi connectivity index (χ0) is 25.7. The summed E-state index contributed by atoms with van der Waals surface area (Å²) in [7, 11) is 0. The van der Waals surface area contributed by atoms with Gasteiger partial charge in [-0.3, -0.25) is 0 Å². The molecule has 2 aromatic rings. The van der Waals surface area contributed by atoms with Crippen LogP contribution in [0.25, 0.3) is 0 Å². The van der Waals surface area contributed by atoms with Crippen molar-refractivity contribution < 1.29 is 14.3 Å². The Hall–Kier alpha value is -2.55. The normalized spacial score (nSPS) is 12.1. The number of unbranched alkanes of at least 4 members (excludes halogenated alkanes) is 13. The number of hydrogen-bond acceptors (Lipinski definition) is 3. The molecule has 0 saturated carbocycles. The fraction of sp³-hybridized carbons (Fsp3) is 0.545. The molecule has 0 N–H and O–H groups in total. The summed E-state index contributed by atoms with van der Waals surface area (Å²) >= 11 is 0. The lowest BCUT2D eigenvalue weighted by Gasteiger charge is -2.13. The Bertz CT molecular complexity index is 826. The summed E-state index contributed by atoms with van der Waals surface area (Å²) in [5.74, 6) is 0.528. The average Bonchev–Trinajstić information content (AvgIpc) is 2.90. The van der Waals surface area contributed by atoms with E-state index in [2.05, 4.69) is 6.92 Å². The molecule has 0 aliphatic rings. The molecule has 0 radical (unpaired) electrons. The first-order valence-electron chi connectivity index (χ1n) is 14.3. The second-order valence-corrected chi connectivity index (χ2v) is 9.86. The molecule has 36 heavy (non-hydrogen) atoms. The van der Waals surface area contributed by atoms with Crippen LogP contribution in [0.2, 0.25) is 0 Å². The van der Waals surface area contributed by atoms with Crippen LogP contribution in [0.15, 0.2) is 66.7 Å². The van der Waals surface area contributed by atoms with Crippen LogP contribution >= 0.6 is 0 Å². The van der Waals surface area contributed by atoms with Crippen LogP contribution < -0.4 is 4.74 Å². The van der Waals surface area contributed by atoms with E-state index >= 15 is 0 Å². The molecular weight excluding hydrogens is 444 g/mol. The van der Waals surface area contributed by atoms with Crippen LogP contribution in [0.3, 0.4) is 0 Å². The van der Waals surface area contributed by atoms with Gasteiger partial charge >= 0.3 is 5.97 Å². The molecule has 2 aromatic carbocycles. The van der Waals surface area contributed by atoms with E-state index in [9.17, 15) is 4.79 Å². The maximum Gasteiger partial charge on any atom is 0.331 e. The number of ether oxygens (including phenoxy) is 2. The Morgan fingerprint density at radius 1 is 0.750 bits per heavy atom. The molecule has 0 aliphatic heterocycles. The maximum atomic E-state index is 12.2. The summed E-state index contributed by atoms with van der Waals surface area (Å²) in [5.41, 5.74) is 2.09. The molecule has 0 aromatic heterocycles. The van der Waals surface area contributed by atoms with Gasteiger partial charge in [0.25, 0.3) is 0 Å². The minimum Gasteiger partial charge on any atom is -0.489 e. The lowest BCUT2D eigenvalue weighted by Crippen LogP contribution is -2.06. The van der Waals surface area contributed by atoms with Crippen molar-refractivity contribution in [1.29, 1.82) is 0 Å². The molecule has 1 atom stereocenters. The van der Waals surface area contributed by atoms with E-state index in [1.807, 2.05) is 67.6 Å². The number of esters is 1. The number of rotatable bonds is 20. The van der Waals surface area contributed by atoms with Crippen LogP contribution in [-0.4, -0.2) is 5.97 Å². The minimum atomic E-state index is -0.290. The van der Waals surface area contributed by atoms with Crippen molar-refractivity contribution in [2.24, 2.45) is 0 Å². The highest BCUT2D eigenvalue weighted by Gasteiger charge is 2.10. The van der Waals surface area contributed by atoms with Gasteiger partial charge in [0.1, 0.15) is 18.5 Å². The van der Waals surface area contributed by atoms with E-state index in [1.165, 1.54) is 77.0 Å². The van der Waals surface area contributed by atoms with Crippen molar-refractivity contribution in [3.63, 3.8) is 0 Å². The van der Waals surface area contributed by atoms with E-state index in [0.717, 1.165) is 29.7 Å². The van der Waals surface area contributed by atoms with Crippen LogP contribution in [0.1, 0.15) is 121 Å². The Balaban J connectivity index is 1.48. The Kier molecular flexibility index (Phi) is 16.2. The molecule has 2 rings (SSSR count). The van der Waals surface area contributed by atoms with Gasteiger partial charge < -0.3 is 9.47 Å². The van der Waals surface area contributed by atoms with Crippen LogP contribution in [0.5, 0.6) is 5.75 Å². The quantitative estimate of drug-likeness (QED) is 0.105. The predicted molar refractivity (Wildman–Crippen MR) is 151 cm³/mol. The van der Waals surface area contributed by atoms with Crippen LogP contribution in [0.4, 0.5) is 0 Å². The number of benzene rings is 2. The molecule has 3 nitrogen and oxygen atoms in total. The van der Waals surface area contributed by atoms with E-state index in [0.29, 0.717) is 6.61 Å². The molecular formula is C33H48O3. The average molecular weight is 493 g/mol. The van der Waals surface area contributed by atoms with Gasteiger partial charge in [0.2, 0.25) is 0 Å². The van der Waals surface area contributed by atoms with Gasteiger partial charge in [-0.1, -0.05) is 133 Å². The molecule has 0 heterocycles. The lowest BCUT2D eigenvalue weighted by molar-refractivity contribution is -0.142. The molecule has 1 unspecified atom stereocenters. The van der Waals surface area contributed by atoms with E-state index in [1.54, 1.807) is 6.08 Å².